The van der Waals surface area contributed by atoms with Crippen molar-refractivity contribution in [3.05, 3.63) is 28.8 Å². The zero-order valence-electron chi connectivity index (χ0n) is 10.9. The van der Waals surface area contributed by atoms with Crippen LogP contribution in [0.3, 0.4) is 0 Å². The number of anilines is 1. The quantitative estimate of drug-likeness (QED) is 0.871. The second kappa shape index (κ2) is 6.99. The van der Waals surface area contributed by atoms with Crippen molar-refractivity contribution >= 4 is 29.3 Å². The van der Waals surface area contributed by atoms with Crippen LogP contribution in [0.5, 0.6) is 0 Å². The normalized spacial score (nSPS) is 10.1. The molecule has 0 heterocycles. The molecule has 0 unspecified atom stereocenters. The van der Waals surface area contributed by atoms with Crippen LogP contribution in [0.2, 0.25) is 5.02 Å². The molecule has 0 spiro atoms. The van der Waals surface area contributed by atoms with Gasteiger partial charge in [0.2, 0.25) is 0 Å². The van der Waals surface area contributed by atoms with Gasteiger partial charge >= 0.3 is 12.0 Å². The fraction of sp³-hybridized carbons (Fsp3) is 0.385. The number of hydrogen-bond acceptors (Lipinski definition) is 2. The monoisotopic (exact) mass is 284 g/mol. The van der Waals surface area contributed by atoms with Crippen molar-refractivity contribution in [2.24, 2.45) is 0 Å². The van der Waals surface area contributed by atoms with Crippen LogP contribution in [0.25, 0.3) is 0 Å². The van der Waals surface area contributed by atoms with Crippen LogP contribution in [0.4, 0.5) is 10.5 Å². The topological polar surface area (TPSA) is 69.6 Å². The van der Waals surface area contributed by atoms with E-state index >= 15 is 0 Å². The maximum atomic E-state index is 11.9. The van der Waals surface area contributed by atoms with Gasteiger partial charge in [-0.25, -0.2) is 9.59 Å². The summed E-state index contributed by atoms with van der Waals surface area (Å²) >= 11 is 5.74. The smallest absolute Gasteiger partial charge is 0.337 e. The van der Waals surface area contributed by atoms with E-state index < -0.39 is 5.97 Å². The summed E-state index contributed by atoms with van der Waals surface area (Å²) in [5.41, 5.74) is 0.218. The van der Waals surface area contributed by atoms with Crippen LogP contribution in [0.15, 0.2) is 18.2 Å². The Labute approximate surface area is 117 Å². The molecular weight excluding hydrogens is 268 g/mol. The van der Waals surface area contributed by atoms with Gasteiger partial charge in [-0.3, -0.25) is 0 Å². The van der Waals surface area contributed by atoms with E-state index in [1.165, 1.54) is 23.1 Å². The molecule has 0 saturated carbocycles. The van der Waals surface area contributed by atoms with Gasteiger partial charge in [0, 0.05) is 18.6 Å². The fourth-order valence-electron chi connectivity index (χ4n) is 1.51. The molecule has 0 aliphatic heterocycles. The summed E-state index contributed by atoms with van der Waals surface area (Å²) in [5.74, 6) is -1.13. The molecule has 0 radical (unpaired) electrons. The number of urea groups is 1. The second-order valence-electron chi connectivity index (χ2n) is 4.20. The first-order valence-electron chi connectivity index (χ1n) is 6.00. The minimum atomic E-state index is -1.13. The molecule has 6 heteroatoms. The number of nitrogens with one attached hydrogen (secondary N) is 1. The molecule has 2 amide bonds. The van der Waals surface area contributed by atoms with Gasteiger partial charge in [0.05, 0.1) is 11.3 Å². The number of amides is 2. The van der Waals surface area contributed by atoms with E-state index in [0.717, 1.165) is 12.8 Å². The van der Waals surface area contributed by atoms with Crippen molar-refractivity contribution in [3.8, 4) is 0 Å². The molecule has 2 N–H and O–H groups in total. The first kappa shape index (κ1) is 15.3. The number of carboxylic acids is 1. The Hall–Kier alpha value is -1.75. The van der Waals surface area contributed by atoms with Gasteiger partial charge in [-0.05, 0) is 24.6 Å². The SMILES string of the molecule is CCCCN(C)C(=O)Nc1ccc(Cl)cc1C(=O)O. The molecule has 104 valence electrons. The Kier molecular flexibility index (Phi) is 5.63. The van der Waals surface area contributed by atoms with Crippen molar-refractivity contribution in [1.82, 2.24) is 4.90 Å². The summed E-state index contributed by atoms with van der Waals surface area (Å²) < 4.78 is 0. The Morgan fingerprint density at radius 1 is 1.42 bits per heavy atom. The Morgan fingerprint density at radius 3 is 2.68 bits per heavy atom. The third-order valence-electron chi connectivity index (χ3n) is 2.65. The third-order valence-corrected chi connectivity index (χ3v) is 2.88. The number of carbonyl (C=O) groups is 2. The number of nitrogens with zero attached hydrogens (tertiary/aromatic N) is 1. The van der Waals surface area contributed by atoms with Crippen LogP contribution in [-0.2, 0) is 0 Å². The lowest BCUT2D eigenvalue weighted by atomic mass is 10.2. The average molecular weight is 285 g/mol. The fourth-order valence-corrected chi connectivity index (χ4v) is 1.68. The molecule has 5 nitrogen and oxygen atoms in total. The molecule has 0 aromatic heterocycles. The van der Waals surface area contributed by atoms with Crippen LogP contribution in [0, 0.1) is 0 Å². The summed E-state index contributed by atoms with van der Waals surface area (Å²) in [5, 5.41) is 11.9. The molecule has 1 aromatic rings. The largest absolute Gasteiger partial charge is 0.478 e. The first-order valence-corrected chi connectivity index (χ1v) is 6.38. The highest BCUT2D eigenvalue weighted by Crippen LogP contribution is 2.21. The zero-order valence-corrected chi connectivity index (χ0v) is 11.7. The molecular formula is C13H17ClN2O3. The number of hydrogen-bond donors (Lipinski definition) is 2. The number of aromatic carboxylic acids is 1. The van der Waals surface area contributed by atoms with E-state index in [2.05, 4.69) is 5.32 Å². The van der Waals surface area contributed by atoms with Gasteiger partial charge in [0.1, 0.15) is 0 Å². The van der Waals surface area contributed by atoms with Crippen molar-refractivity contribution in [3.63, 3.8) is 0 Å². The van der Waals surface area contributed by atoms with Crippen LogP contribution >= 0.6 is 11.6 Å². The molecule has 1 aromatic carbocycles. The molecule has 0 aliphatic carbocycles. The number of halogens is 1. The highest BCUT2D eigenvalue weighted by atomic mass is 35.5. The summed E-state index contributed by atoms with van der Waals surface area (Å²) in [6, 6.07) is 4.00. The molecule has 0 saturated heterocycles. The molecule has 0 fully saturated rings. The molecule has 0 aliphatic rings. The van der Waals surface area contributed by atoms with Crippen LogP contribution < -0.4 is 5.32 Å². The van der Waals surface area contributed by atoms with E-state index in [-0.39, 0.29) is 17.3 Å². The van der Waals surface area contributed by atoms with Gasteiger partial charge in [-0.15, -0.1) is 0 Å². The van der Waals surface area contributed by atoms with Gasteiger partial charge in [0.15, 0.2) is 0 Å². The minimum Gasteiger partial charge on any atom is -0.478 e. The second-order valence-corrected chi connectivity index (χ2v) is 4.64. The van der Waals surface area contributed by atoms with E-state index in [1.54, 1.807) is 7.05 Å². The standard InChI is InChI=1S/C13H17ClN2O3/c1-3-4-7-16(2)13(19)15-11-6-5-9(14)8-10(11)12(17)18/h5-6,8H,3-4,7H2,1-2H3,(H,15,19)(H,17,18). The van der Waals surface area contributed by atoms with E-state index in [0.29, 0.717) is 11.6 Å². The number of unbranched alkanes of at least 4 members (excludes halogenated alkanes) is 1. The number of rotatable bonds is 5. The number of benzene rings is 1. The lowest BCUT2D eigenvalue weighted by Gasteiger charge is -2.18. The lowest BCUT2D eigenvalue weighted by Crippen LogP contribution is -2.32. The van der Waals surface area contributed by atoms with E-state index in [9.17, 15) is 9.59 Å². The molecule has 0 bridgehead atoms. The molecule has 1 rings (SSSR count). The van der Waals surface area contributed by atoms with E-state index in [4.69, 9.17) is 16.7 Å². The highest BCUT2D eigenvalue weighted by Gasteiger charge is 2.15. The number of carboxylic acid groups (broad SMARTS) is 1. The molecule has 19 heavy (non-hydrogen) atoms. The number of carbonyl (C=O) groups excluding carboxylic acids is 1. The van der Waals surface area contributed by atoms with Gasteiger partial charge in [0.25, 0.3) is 0 Å². The predicted octanol–water partition coefficient (Wildman–Crippen LogP) is 3.30. The first-order chi connectivity index (χ1) is 8.95. The maximum absolute atomic E-state index is 11.9. The van der Waals surface area contributed by atoms with Crippen molar-refractivity contribution in [2.45, 2.75) is 19.8 Å². The Balaban J connectivity index is 2.81. The maximum Gasteiger partial charge on any atom is 0.337 e. The van der Waals surface area contributed by atoms with E-state index in [1.807, 2.05) is 6.92 Å². The Bertz CT molecular complexity index is 477. The third kappa shape index (κ3) is 4.44. The minimum absolute atomic E-state index is 0.0234. The van der Waals surface area contributed by atoms with Gasteiger partial charge < -0.3 is 15.3 Å². The van der Waals surface area contributed by atoms with Crippen molar-refractivity contribution in [2.75, 3.05) is 18.9 Å². The summed E-state index contributed by atoms with van der Waals surface area (Å²) in [4.78, 5) is 24.5. The van der Waals surface area contributed by atoms with Crippen molar-refractivity contribution < 1.29 is 14.7 Å². The predicted molar refractivity (Wildman–Crippen MR) is 75.0 cm³/mol. The summed E-state index contributed by atoms with van der Waals surface area (Å²) in [7, 11) is 1.67. The lowest BCUT2D eigenvalue weighted by molar-refractivity contribution is 0.0698. The van der Waals surface area contributed by atoms with Crippen LogP contribution in [-0.4, -0.2) is 35.6 Å². The van der Waals surface area contributed by atoms with Crippen molar-refractivity contribution in [1.29, 1.82) is 0 Å². The Morgan fingerprint density at radius 2 is 2.11 bits per heavy atom. The van der Waals surface area contributed by atoms with Crippen LogP contribution in [0.1, 0.15) is 30.1 Å². The summed E-state index contributed by atoms with van der Waals surface area (Å²) in [6.07, 6.45) is 1.88. The van der Waals surface area contributed by atoms with Gasteiger partial charge in [-0.1, -0.05) is 24.9 Å². The highest BCUT2D eigenvalue weighted by molar-refractivity contribution is 6.31. The summed E-state index contributed by atoms with van der Waals surface area (Å²) in [6.45, 7) is 2.66. The zero-order chi connectivity index (χ0) is 14.4. The molecule has 0 atom stereocenters. The average Bonchev–Trinajstić information content (AvgIpc) is 2.37. The van der Waals surface area contributed by atoms with Gasteiger partial charge in [-0.2, -0.15) is 0 Å².